The average Bonchev–Trinajstić information content (AvgIpc) is 2.44. The summed E-state index contributed by atoms with van der Waals surface area (Å²) in [7, 11) is -1.81. The van der Waals surface area contributed by atoms with E-state index in [1.807, 2.05) is 13.2 Å². The summed E-state index contributed by atoms with van der Waals surface area (Å²) in [5, 5.41) is 0. The molecule has 1 aromatic carbocycles. The standard InChI is InChI=1S/C12H21N3O2S2/c1-4-11(9-18-3)15(2)19(16,17)12-7-5-10(14-13)6-8-12/h5-8,11,14H,4,9,13H2,1-3H3. The van der Waals surface area contributed by atoms with Crippen molar-refractivity contribution in [1.29, 1.82) is 0 Å². The number of thioether (sulfide) groups is 1. The van der Waals surface area contributed by atoms with Crippen molar-refractivity contribution in [2.75, 3.05) is 24.5 Å². The van der Waals surface area contributed by atoms with Gasteiger partial charge in [-0.2, -0.15) is 16.1 Å². The van der Waals surface area contributed by atoms with Crippen molar-refractivity contribution >= 4 is 27.5 Å². The lowest BCUT2D eigenvalue weighted by Gasteiger charge is -2.26. The third kappa shape index (κ3) is 3.85. The fraction of sp³-hybridized carbons (Fsp3) is 0.500. The summed E-state index contributed by atoms with van der Waals surface area (Å²) in [4.78, 5) is 0.286. The first-order chi connectivity index (χ1) is 8.97. The van der Waals surface area contributed by atoms with Crippen LogP contribution in [0.25, 0.3) is 0 Å². The molecular formula is C12H21N3O2S2. The van der Waals surface area contributed by atoms with Crippen LogP contribution in [0.1, 0.15) is 13.3 Å². The lowest BCUT2D eigenvalue weighted by atomic mass is 10.3. The zero-order valence-corrected chi connectivity index (χ0v) is 13.1. The van der Waals surface area contributed by atoms with Crippen LogP contribution in [0.2, 0.25) is 0 Å². The van der Waals surface area contributed by atoms with Crippen LogP contribution in [0.15, 0.2) is 29.2 Å². The SMILES string of the molecule is CCC(CSC)N(C)S(=O)(=O)c1ccc(NN)cc1. The quantitative estimate of drug-likeness (QED) is 0.593. The average molecular weight is 303 g/mol. The van der Waals surface area contributed by atoms with Crippen LogP contribution in [0.5, 0.6) is 0 Å². The molecule has 0 aromatic heterocycles. The highest BCUT2D eigenvalue weighted by Gasteiger charge is 2.26. The minimum Gasteiger partial charge on any atom is -0.324 e. The van der Waals surface area contributed by atoms with Gasteiger partial charge in [-0.25, -0.2) is 8.42 Å². The van der Waals surface area contributed by atoms with E-state index in [-0.39, 0.29) is 10.9 Å². The molecular weight excluding hydrogens is 282 g/mol. The van der Waals surface area contributed by atoms with E-state index < -0.39 is 10.0 Å². The van der Waals surface area contributed by atoms with Gasteiger partial charge >= 0.3 is 0 Å². The van der Waals surface area contributed by atoms with Gasteiger partial charge < -0.3 is 5.43 Å². The van der Waals surface area contributed by atoms with Gasteiger partial charge in [0, 0.05) is 24.5 Å². The molecule has 0 aliphatic heterocycles. The predicted molar refractivity (Wildman–Crippen MR) is 81.7 cm³/mol. The van der Waals surface area contributed by atoms with Crippen LogP contribution in [0, 0.1) is 0 Å². The van der Waals surface area contributed by atoms with Gasteiger partial charge in [-0.1, -0.05) is 6.92 Å². The number of benzene rings is 1. The van der Waals surface area contributed by atoms with Gasteiger partial charge in [0.25, 0.3) is 0 Å². The highest BCUT2D eigenvalue weighted by Crippen LogP contribution is 2.21. The zero-order valence-electron chi connectivity index (χ0n) is 11.5. The van der Waals surface area contributed by atoms with E-state index in [9.17, 15) is 8.42 Å². The lowest BCUT2D eigenvalue weighted by Crippen LogP contribution is -2.38. The number of nitrogens with zero attached hydrogens (tertiary/aromatic N) is 1. The van der Waals surface area contributed by atoms with E-state index in [1.165, 1.54) is 4.31 Å². The molecule has 0 bridgehead atoms. The molecule has 5 nitrogen and oxygen atoms in total. The summed E-state index contributed by atoms with van der Waals surface area (Å²) in [5.74, 6) is 6.05. The molecule has 1 rings (SSSR count). The molecule has 0 saturated carbocycles. The van der Waals surface area contributed by atoms with E-state index in [0.717, 1.165) is 12.2 Å². The maximum absolute atomic E-state index is 12.5. The van der Waals surface area contributed by atoms with Crippen LogP contribution < -0.4 is 11.3 Å². The minimum atomic E-state index is -3.45. The molecule has 0 heterocycles. The monoisotopic (exact) mass is 303 g/mol. The summed E-state index contributed by atoms with van der Waals surface area (Å²) in [6.45, 7) is 1.99. The number of hydrogen-bond acceptors (Lipinski definition) is 5. The van der Waals surface area contributed by atoms with E-state index in [2.05, 4.69) is 5.43 Å². The summed E-state index contributed by atoms with van der Waals surface area (Å²) < 4.78 is 26.4. The van der Waals surface area contributed by atoms with Crippen molar-refractivity contribution in [3.63, 3.8) is 0 Å². The molecule has 19 heavy (non-hydrogen) atoms. The van der Waals surface area contributed by atoms with E-state index >= 15 is 0 Å². The molecule has 0 radical (unpaired) electrons. The molecule has 1 aromatic rings. The highest BCUT2D eigenvalue weighted by molar-refractivity contribution is 7.98. The van der Waals surface area contributed by atoms with Crippen LogP contribution in [0.4, 0.5) is 5.69 Å². The van der Waals surface area contributed by atoms with Crippen molar-refractivity contribution < 1.29 is 8.42 Å². The van der Waals surface area contributed by atoms with E-state index in [1.54, 1.807) is 43.1 Å². The van der Waals surface area contributed by atoms with Crippen molar-refractivity contribution in [2.45, 2.75) is 24.3 Å². The number of anilines is 1. The fourth-order valence-corrected chi connectivity index (χ4v) is 4.13. The molecule has 0 fully saturated rings. The van der Waals surface area contributed by atoms with Crippen LogP contribution in [-0.2, 0) is 10.0 Å². The highest BCUT2D eigenvalue weighted by atomic mass is 32.2. The Bertz CT molecular complexity index is 488. The Labute approximate surface area is 119 Å². The summed E-state index contributed by atoms with van der Waals surface area (Å²) in [5.41, 5.74) is 3.16. The first kappa shape index (κ1) is 16.3. The number of nitrogens with one attached hydrogen (secondary N) is 1. The smallest absolute Gasteiger partial charge is 0.243 e. The Morgan fingerprint density at radius 2 is 1.95 bits per heavy atom. The lowest BCUT2D eigenvalue weighted by molar-refractivity contribution is 0.385. The van der Waals surface area contributed by atoms with Gasteiger partial charge in [0.1, 0.15) is 0 Å². The predicted octanol–water partition coefficient (Wildman–Crippen LogP) is 1.73. The molecule has 0 aliphatic rings. The second-order valence-electron chi connectivity index (χ2n) is 4.21. The Balaban J connectivity index is 3.00. The minimum absolute atomic E-state index is 0.00677. The number of sulfonamides is 1. The van der Waals surface area contributed by atoms with Gasteiger partial charge in [-0.3, -0.25) is 5.84 Å². The van der Waals surface area contributed by atoms with Gasteiger partial charge in [-0.15, -0.1) is 0 Å². The van der Waals surface area contributed by atoms with Gasteiger partial charge in [0.2, 0.25) is 10.0 Å². The van der Waals surface area contributed by atoms with Crippen molar-refractivity contribution in [3.8, 4) is 0 Å². The number of rotatable bonds is 7. The van der Waals surface area contributed by atoms with E-state index in [4.69, 9.17) is 5.84 Å². The molecule has 0 spiro atoms. The topological polar surface area (TPSA) is 75.4 Å². The second kappa shape index (κ2) is 7.14. The maximum atomic E-state index is 12.5. The number of nitrogens with two attached hydrogens (primary N) is 1. The summed E-state index contributed by atoms with van der Waals surface area (Å²) >= 11 is 1.65. The van der Waals surface area contributed by atoms with Gasteiger partial charge in [0.15, 0.2) is 0 Å². The summed E-state index contributed by atoms with van der Waals surface area (Å²) in [6.07, 6.45) is 2.77. The van der Waals surface area contributed by atoms with Gasteiger partial charge in [-0.05, 0) is 36.9 Å². The van der Waals surface area contributed by atoms with Crippen molar-refractivity contribution in [3.05, 3.63) is 24.3 Å². The molecule has 3 N–H and O–H groups in total. The fourth-order valence-electron chi connectivity index (χ4n) is 1.76. The molecule has 0 aliphatic carbocycles. The Morgan fingerprint density at radius 3 is 2.37 bits per heavy atom. The van der Waals surface area contributed by atoms with Crippen LogP contribution >= 0.6 is 11.8 Å². The molecule has 7 heteroatoms. The van der Waals surface area contributed by atoms with E-state index in [0.29, 0.717) is 5.69 Å². The molecule has 108 valence electrons. The number of hydrazine groups is 1. The molecule has 1 unspecified atom stereocenters. The molecule has 0 amide bonds. The van der Waals surface area contributed by atoms with Gasteiger partial charge in [0.05, 0.1) is 4.90 Å². The number of hydrogen-bond donors (Lipinski definition) is 2. The second-order valence-corrected chi connectivity index (χ2v) is 7.12. The first-order valence-corrected chi connectivity index (χ1v) is 8.84. The third-order valence-electron chi connectivity index (χ3n) is 3.04. The third-order valence-corrected chi connectivity index (χ3v) is 5.68. The number of nitrogen functional groups attached to an aromatic ring is 1. The first-order valence-electron chi connectivity index (χ1n) is 6.01. The molecule has 1 atom stereocenters. The molecule has 0 saturated heterocycles. The Hall–Kier alpha value is -0.760. The van der Waals surface area contributed by atoms with Crippen LogP contribution in [0.3, 0.4) is 0 Å². The zero-order chi connectivity index (χ0) is 14.5. The van der Waals surface area contributed by atoms with Crippen molar-refractivity contribution in [1.82, 2.24) is 4.31 Å². The van der Waals surface area contributed by atoms with Crippen molar-refractivity contribution in [2.24, 2.45) is 5.84 Å². The maximum Gasteiger partial charge on any atom is 0.243 e. The van der Waals surface area contributed by atoms with Crippen LogP contribution in [-0.4, -0.2) is 37.8 Å². The summed E-state index contributed by atoms with van der Waals surface area (Å²) in [6, 6.07) is 6.43. The normalized spacial score (nSPS) is 13.5. The Morgan fingerprint density at radius 1 is 1.37 bits per heavy atom. The Kier molecular flexibility index (Phi) is 6.12. The largest absolute Gasteiger partial charge is 0.324 e.